The fraction of sp³-hybridized carbons (Fsp3) is 0.250. The molecule has 1 aliphatic heterocycles. The molecule has 0 amide bonds. The van der Waals surface area contributed by atoms with Gasteiger partial charge in [0.05, 0.1) is 26.4 Å². The highest BCUT2D eigenvalue weighted by Gasteiger charge is 2.47. The van der Waals surface area contributed by atoms with Gasteiger partial charge in [0.1, 0.15) is 24.4 Å². The third kappa shape index (κ3) is 6.48. The maximum absolute atomic E-state index is 6.61. The van der Waals surface area contributed by atoms with Gasteiger partial charge in [0, 0.05) is 0 Å². The highest BCUT2D eigenvalue weighted by Crippen LogP contribution is 2.38. The summed E-state index contributed by atoms with van der Waals surface area (Å²) in [4.78, 5) is 0. The molecule has 1 heterocycles. The van der Waals surface area contributed by atoms with Crippen LogP contribution in [0, 0.1) is 0 Å². The Morgan fingerprint density at radius 2 is 0.944 bits per heavy atom. The van der Waals surface area contributed by atoms with Gasteiger partial charge in [-0.2, -0.15) is 0 Å². The molecule has 4 atom stereocenters. The molecule has 0 saturated carbocycles. The zero-order valence-electron chi connectivity index (χ0n) is 20.3. The topological polar surface area (TPSA) is 36.9 Å². The largest absolute Gasteiger partial charge is 0.374 e. The van der Waals surface area contributed by atoms with E-state index in [1.165, 1.54) is 0 Å². The third-order valence-corrected chi connectivity index (χ3v) is 6.40. The van der Waals surface area contributed by atoms with Crippen LogP contribution in [0.15, 0.2) is 121 Å². The number of hydrogen-bond donors (Lipinski definition) is 0. The van der Waals surface area contributed by atoms with E-state index in [0.29, 0.717) is 26.4 Å². The quantitative estimate of drug-likeness (QED) is 0.245. The maximum Gasteiger partial charge on any atom is 0.117 e. The molecular formula is C32H32O4. The van der Waals surface area contributed by atoms with Gasteiger partial charge in [0.2, 0.25) is 0 Å². The van der Waals surface area contributed by atoms with Crippen molar-refractivity contribution in [2.45, 2.75) is 44.2 Å². The van der Waals surface area contributed by atoms with E-state index < -0.39 is 0 Å². The Bertz CT molecular complexity index is 1150. The lowest BCUT2D eigenvalue weighted by Crippen LogP contribution is -2.37. The number of ether oxygens (including phenoxy) is 4. The molecule has 0 aliphatic carbocycles. The average Bonchev–Trinajstić information content (AvgIpc) is 3.30. The van der Waals surface area contributed by atoms with Gasteiger partial charge in [-0.3, -0.25) is 0 Å². The van der Waals surface area contributed by atoms with Crippen molar-refractivity contribution in [3.8, 4) is 0 Å². The molecule has 0 radical (unpaired) electrons. The number of rotatable bonds is 11. The molecule has 0 unspecified atom stereocenters. The second-order valence-corrected chi connectivity index (χ2v) is 9.03. The van der Waals surface area contributed by atoms with Crippen LogP contribution in [0.3, 0.4) is 0 Å². The van der Waals surface area contributed by atoms with E-state index in [0.717, 1.165) is 22.3 Å². The van der Waals surface area contributed by atoms with E-state index in [1.807, 2.05) is 72.8 Å². The molecule has 4 aromatic carbocycles. The lowest BCUT2D eigenvalue weighted by Gasteiger charge is -2.25. The van der Waals surface area contributed by atoms with Crippen LogP contribution in [0.2, 0.25) is 0 Å². The minimum atomic E-state index is -0.283. The number of benzene rings is 4. The molecule has 184 valence electrons. The predicted molar refractivity (Wildman–Crippen MR) is 140 cm³/mol. The summed E-state index contributed by atoms with van der Waals surface area (Å²) in [5.74, 6) is 0. The zero-order chi connectivity index (χ0) is 24.4. The van der Waals surface area contributed by atoms with Crippen molar-refractivity contribution >= 4 is 0 Å². The molecule has 4 nitrogen and oxygen atoms in total. The second-order valence-electron chi connectivity index (χ2n) is 9.03. The van der Waals surface area contributed by atoms with Crippen molar-refractivity contribution in [2.75, 3.05) is 6.61 Å². The normalized spacial score (nSPS) is 21.4. The van der Waals surface area contributed by atoms with Gasteiger partial charge in [-0.25, -0.2) is 0 Å². The zero-order valence-corrected chi connectivity index (χ0v) is 20.3. The minimum Gasteiger partial charge on any atom is -0.374 e. The lowest BCUT2D eigenvalue weighted by atomic mass is 10.0. The Labute approximate surface area is 213 Å². The fourth-order valence-electron chi connectivity index (χ4n) is 4.56. The average molecular weight is 481 g/mol. The van der Waals surface area contributed by atoms with Crippen LogP contribution in [-0.4, -0.2) is 24.9 Å². The van der Waals surface area contributed by atoms with Gasteiger partial charge in [-0.05, 0) is 22.3 Å². The van der Waals surface area contributed by atoms with E-state index in [2.05, 4.69) is 48.5 Å². The van der Waals surface area contributed by atoms with Crippen LogP contribution in [0.5, 0.6) is 0 Å². The van der Waals surface area contributed by atoms with Gasteiger partial charge < -0.3 is 18.9 Å². The predicted octanol–water partition coefficient (Wildman–Crippen LogP) is 6.51. The highest BCUT2D eigenvalue weighted by atomic mass is 16.6. The van der Waals surface area contributed by atoms with Crippen LogP contribution >= 0.6 is 0 Å². The van der Waals surface area contributed by atoms with Gasteiger partial charge in [0.25, 0.3) is 0 Å². The molecule has 1 saturated heterocycles. The second kappa shape index (κ2) is 12.6. The summed E-state index contributed by atoms with van der Waals surface area (Å²) in [7, 11) is 0. The van der Waals surface area contributed by atoms with E-state index in [-0.39, 0.29) is 24.4 Å². The molecule has 1 fully saturated rings. The Balaban J connectivity index is 1.35. The van der Waals surface area contributed by atoms with Crippen molar-refractivity contribution in [2.24, 2.45) is 0 Å². The molecule has 0 aromatic heterocycles. The summed E-state index contributed by atoms with van der Waals surface area (Å²) in [5, 5.41) is 0. The standard InChI is InChI=1S/C32H32O4/c1-5-13-25(14-6-1)21-33-24-29-31(34-22-26-15-7-2-8-16-26)32(35-23-27-17-9-3-10-18-27)30(36-29)28-19-11-4-12-20-28/h1-20,29-32H,21-24H2/t29-,30+,31-,32-/m1/s1. The van der Waals surface area contributed by atoms with E-state index in [4.69, 9.17) is 18.9 Å². The smallest absolute Gasteiger partial charge is 0.117 e. The Morgan fingerprint density at radius 3 is 1.47 bits per heavy atom. The van der Waals surface area contributed by atoms with Gasteiger partial charge in [0.15, 0.2) is 0 Å². The fourth-order valence-corrected chi connectivity index (χ4v) is 4.56. The third-order valence-electron chi connectivity index (χ3n) is 6.40. The van der Waals surface area contributed by atoms with Crippen molar-refractivity contribution < 1.29 is 18.9 Å². The monoisotopic (exact) mass is 480 g/mol. The first-order valence-electron chi connectivity index (χ1n) is 12.5. The summed E-state index contributed by atoms with van der Waals surface area (Å²) in [5.41, 5.74) is 4.45. The Morgan fingerprint density at radius 1 is 0.500 bits per heavy atom. The lowest BCUT2D eigenvalue weighted by molar-refractivity contribution is -0.0898. The van der Waals surface area contributed by atoms with Crippen molar-refractivity contribution in [3.63, 3.8) is 0 Å². The van der Waals surface area contributed by atoms with Gasteiger partial charge in [-0.15, -0.1) is 0 Å². The molecule has 0 bridgehead atoms. The van der Waals surface area contributed by atoms with Gasteiger partial charge >= 0.3 is 0 Å². The molecule has 5 rings (SSSR count). The van der Waals surface area contributed by atoms with Crippen LogP contribution < -0.4 is 0 Å². The molecule has 0 N–H and O–H groups in total. The van der Waals surface area contributed by atoms with Crippen LogP contribution in [0.4, 0.5) is 0 Å². The Hall–Kier alpha value is -3.28. The summed E-state index contributed by atoms with van der Waals surface area (Å²) in [6.45, 7) is 1.91. The Kier molecular flexibility index (Phi) is 8.55. The van der Waals surface area contributed by atoms with Crippen LogP contribution in [0.25, 0.3) is 0 Å². The van der Waals surface area contributed by atoms with Crippen molar-refractivity contribution in [3.05, 3.63) is 144 Å². The summed E-state index contributed by atoms with van der Waals surface area (Å²) in [6, 6.07) is 40.9. The van der Waals surface area contributed by atoms with Crippen molar-refractivity contribution in [1.29, 1.82) is 0 Å². The van der Waals surface area contributed by atoms with E-state index in [1.54, 1.807) is 0 Å². The molecule has 1 aliphatic rings. The highest BCUT2D eigenvalue weighted by molar-refractivity contribution is 5.22. The molecule has 4 aromatic rings. The molecule has 36 heavy (non-hydrogen) atoms. The molecule has 0 spiro atoms. The number of hydrogen-bond acceptors (Lipinski definition) is 4. The van der Waals surface area contributed by atoms with E-state index >= 15 is 0 Å². The van der Waals surface area contributed by atoms with Crippen molar-refractivity contribution in [1.82, 2.24) is 0 Å². The van der Waals surface area contributed by atoms with E-state index in [9.17, 15) is 0 Å². The first kappa shape index (κ1) is 24.4. The summed E-state index contributed by atoms with van der Waals surface area (Å²) < 4.78 is 25.8. The van der Waals surface area contributed by atoms with Crippen LogP contribution in [-0.2, 0) is 38.8 Å². The summed E-state index contributed by atoms with van der Waals surface area (Å²) >= 11 is 0. The molecular weight excluding hydrogens is 448 g/mol. The van der Waals surface area contributed by atoms with Gasteiger partial charge in [-0.1, -0.05) is 121 Å². The SMILES string of the molecule is c1ccc(COC[C@H]2O[C@@H](c3ccccc3)[C@@H](OCc3ccccc3)[C@@H]2OCc2ccccc2)cc1. The molecule has 4 heteroatoms. The van der Waals surface area contributed by atoms with Crippen LogP contribution in [0.1, 0.15) is 28.4 Å². The minimum absolute atomic E-state index is 0.249. The first-order chi connectivity index (χ1) is 17.9. The first-order valence-corrected chi connectivity index (χ1v) is 12.5. The summed E-state index contributed by atoms with van der Waals surface area (Å²) in [6.07, 6.45) is -1.07. The maximum atomic E-state index is 6.61.